The standard InChI is InChI=1S/C8H11N7.HI/c1-14-4-2-6(3-5-14)7-12-13-8(11-9)15(7)10;/h2-5H,10H2,1H3,(H2,9,12);1H. The fourth-order valence-corrected chi connectivity index (χ4v) is 1.24. The van der Waals surface area contributed by atoms with E-state index < -0.39 is 0 Å². The number of nitrogens with one attached hydrogen (secondary N) is 1. The van der Waals surface area contributed by atoms with Gasteiger partial charge in [-0.05, 0) is 0 Å². The molecule has 0 fully saturated rings. The van der Waals surface area contributed by atoms with E-state index in [1.165, 1.54) is 4.68 Å². The summed E-state index contributed by atoms with van der Waals surface area (Å²) in [7, 11) is 1.93. The number of aryl methyl sites for hydroxylation is 1. The maximum Gasteiger partial charge on any atom is 0.257 e. The van der Waals surface area contributed by atoms with Gasteiger partial charge in [0.25, 0.3) is 5.95 Å². The Labute approximate surface area is 109 Å². The molecule has 16 heavy (non-hydrogen) atoms. The van der Waals surface area contributed by atoms with Gasteiger partial charge in [0, 0.05) is 17.7 Å². The summed E-state index contributed by atoms with van der Waals surface area (Å²) >= 11 is 0. The van der Waals surface area contributed by atoms with E-state index >= 15 is 0 Å². The molecule has 0 atom stereocenters. The third-order valence-corrected chi connectivity index (χ3v) is 2.06. The van der Waals surface area contributed by atoms with E-state index in [2.05, 4.69) is 15.6 Å². The van der Waals surface area contributed by atoms with Crippen LogP contribution in [-0.4, -0.2) is 14.9 Å². The number of nitrogens with zero attached hydrogens (tertiary/aromatic N) is 4. The Balaban J connectivity index is 0.00000128. The second-order valence-corrected chi connectivity index (χ2v) is 3.11. The molecule has 2 aromatic heterocycles. The molecule has 0 spiro atoms. The highest BCUT2D eigenvalue weighted by Gasteiger charge is 2.10. The summed E-state index contributed by atoms with van der Waals surface area (Å²) in [5, 5.41) is 7.70. The normalized spacial score (nSPS) is 9.62. The van der Waals surface area contributed by atoms with Crippen LogP contribution < -0.4 is 45.7 Å². The van der Waals surface area contributed by atoms with Gasteiger partial charge in [-0.2, -0.15) is 0 Å². The lowest BCUT2D eigenvalue weighted by atomic mass is 10.2. The topological polar surface area (TPSA) is 98.7 Å². The summed E-state index contributed by atoms with van der Waals surface area (Å²) < 4.78 is 3.22. The van der Waals surface area contributed by atoms with Crippen LogP contribution >= 0.6 is 0 Å². The van der Waals surface area contributed by atoms with E-state index in [1.807, 2.05) is 36.1 Å². The monoisotopic (exact) mass is 333 g/mol. The van der Waals surface area contributed by atoms with Crippen molar-refractivity contribution in [3.05, 3.63) is 24.5 Å². The molecule has 0 aliphatic carbocycles. The van der Waals surface area contributed by atoms with Crippen molar-refractivity contribution in [2.45, 2.75) is 0 Å². The van der Waals surface area contributed by atoms with E-state index in [1.54, 1.807) is 0 Å². The molecule has 0 radical (unpaired) electrons. The first-order chi connectivity index (χ1) is 7.22. The summed E-state index contributed by atoms with van der Waals surface area (Å²) in [6.45, 7) is 0. The van der Waals surface area contributed by atoms with Crippen molar-refractivity contribution in [3.63, 3.8) is 0 Å². The maximum absolute atomic E-state index is 5.73. The molecule has 2 aromatic rings. The maximum atomic E-state index is 5.73. The molecule has 0 bridgehead atoms. The summed E-state index contributed by atoms with van der Waals surface area (Å²) in [6.07, 6.45) is 3.80. The lowest BCUT2D eigenvalue weighted by Gasteiger charge is -2.01. The quantitative estimate of drug-likeness (QED) is 0.224. The van der Waals surface area contributed by atoms with Gasteiger partial charge in [0.05, 0.1) is 0 Å². The average Bonchev–Trinajstić information content (AvgIpc) is 2.61. The Morgan fingerprint density at radius 3 is 2.44 bits per heavy atom. The first kappa shape index (κ1) is 12.6. The first-order valence-corrected chi connectivity index (χ1v) is 4.35. The minimum absolute atomic E-state index is 0. The van der Waals surface area contributed by atoms with Crippen molar-refractivity contribution < 1.29 is 28.5 Å². The number of aromatic nitrogens is 4. The van der Waals surface area contributed by atoms with Crippen molar-refractivity contribution in [1.82, 2.24) is 14.9 Å². The van der Waals surface area contributed by atoms with Crippen LogP contribution in [0.3, 0.4) is 0 Å². The molecule has 0 saturated heterocycles. The van der Waals surface area contributed by atoms with E-state index in [0.29, 0.717) is 11.8 Å². The first-order valence-electron chi connectivity index (χ1n) is 4.35. The Morgan fingerprint density at radius 1 is 1.31 bits per heavy atom. The lowest BCUT2D eigenvalue weighted by Crippen LogP contribution is -3.00. The zero-order valence-corrected chi connectivity index (χ0v) is 10.8. The minimum atomic E-state index is 0. The third kappa shape index (κ3) is 2.22. The van der Waals surface area contributed by atoms with Crippen LogP contribution in [-0.2, 0) is 7.05 Å². The summed E-state index contributed by atoms with van der Waals surface area (Å²) in [5.41, 5.74) is 3.24. The zero-order chi connectivity index (χ0) is 10.8. The number of anilines is 1. The van der Waals surface area contributed by atoms with Crippen molar-refractivity contribution in [1.29, 1.82) is 0 Å². The number of rotatable bonds is 2. The molecule has 2 rings (SSSR count). The van der Waals surface area contributed by atoms with E-state index in [0.717, 1.165) is 5.56 Å². The van der Waals surface area contributed by atoms with Gasteiger partial charge < -0.3 is 29.8 Å². The average molecular weight is 333 g/mol. The zero-order valence-electron chi connectivity index (χ0n) is 8.63. The smallest absolute Gasteiger partial charge is 0.257 e. The van der Waals surface area contributed by atoms with Gasteiger partial charge in [0.1, 0.15) is 7.05 Å². The van der Waals surface area contributed by atoms with Gasteiger partial charge in [-0.15, -0.1) is 10.2 Å². The summed E-state index contributed by atoms with van der Waals surface area (Å²) in [5.74, 6) is 11.8. The van der Waals surface area contributed by atoms with E-state index in [-0.39, 0.29) is 24.0 Å². The fraction of sp³-hybridized carbons (Fsp3) is 0.125. The molecule has 8 heteroatoms. The molecule has 2 heterocycles. The van der Waals surface area contributed by atoms with Gasteiger partial charge in [0.2, 0.25) is 0 Å². The van der Waals surface area contributed by atoms with Crippen LogP contribution in [0.1, 0.15) is 0 Å². The van der Waals surface area contributed by atoms with Crippen LogP contribution in [0, 0.1) is 0 Å². The second-order valence-electron chi connectivity index (χ2n) is 3.11. The Bertz CT molecular complexity index is 464. The van der Waals surface area contributed by atoms with Crippen LogP contribution in [0.5, 0.6) is 0 Å². The van der Waals surface area contributed by atoms with Crippen molar-refractivity contribution in [3.8, 4) is 11.4 Å². The molecule has 0 saturated carbocycles. The highest BCUT2D eigenvalue weighted by Crippen LogP contribution is 2.15. The molecule has 0 aliphatic heterocycles. The summed E-state index contributed by atoms with van der Waals surface area (Å²) in [6, 6.07) is 3.79. The fourth-order valence-electron chi connectivity index (χ4n) is 1.24. The summed E-state index contributed by atoms with van der Waals surface area (Å²) in [4.78, 5) is 0. The van der Waals surface area contributed by atoms with Gasteiger partial charge in [-0.25, -0.2) is 15.1 Å². The number of hydrazine groups is 1. The van der Waals surface area contributed by atoms with Crippen LogP contribution in [0.15, 0.2) is 24.5 Å². The predicted octanol–water partition coefficient (Wildman–Crippen LogP) is -4.23. The largest absolute Gasteiger partial charge is 1.00 e. The predicted molar refractivity (Wildman–Crippen MR) is 54.6 cm³/mol. The van der Waals surface area contributed by atoms with Gasteiger partial charge >= 0.3 is 0 Å². The number of pyridine rings is 1. The van der Waals surface area contributed by atoms with Crippen molar-refractivity contribution >= 4 is 5.95 Å². The molecule has 0 aliphatic rings. The Morgan fingerprint density at radius 2 is 1.94 bits per heavy atom. The SMILES string of the molecule is C[n+]1ccc(-c2nnc(NN)n2N)cc1.[I-]. The highest BCUT2D eigenvalue weighted by molar-refractivity contribution is 5.55. The second kappa shape index (κ2) is 5.07. The Hall–Kier alpha value is -1.42. The molecule has 86 valence electrons. The van der Waals surface area contributed by atoms with Gasteiger partial charge in [-0.3, -0.25) is 5.43 Å². The van der Waals surface area contributed by atoms with E-state index in [4.69, 9.17) is 11.7 Å². The van der Waals surface area contributed by atoms with Gasteiger partial charge in [-0.1, -0.05) is 0 Å². The van der Waals surface area contributed by atoms with Gasteiger partial charge in [0.15, 0.2) is 18.2 Å². The third-order valence-electron chi connectivity index (χ3n) is 2.06. The molecular formula is C8H12IN7. The number of nitrogen functional groups attached to an aromatic ring is 2. The number of halogens is 1. The molecule has 5 N–H and O–H groups in total. The lowest BCUT2D eigenvalue weighted by molar-refractivity contribution is -0.671. The molecule has 0 unspecified atom stereocenters. The minimum Gasteiger partial charge on any atom is -1.00 e. The van der Waals surface area contributed by atoms with Crippen LogP contribution in [0.25, 0.3) is 11.4 Å². The highest BCUT2D eigenvalue weighted by atomic mass is 127. The number of nitrogens with two attached hydrogens (primary N) is 2. The number of hydrogen-bond donors (Lipinski definition) is 3. The van der Waals surface area contributed by atoms with Crippen LogP contribution in [0.2, 0.25) is 0 Å². The van der Waals surface area contributed by atoms with Crippen molar-refractivity contribution in [2.24, 2.45) is 12.9 Å². The van der Waals surface area contributed by atoms with Crippen molar-refractivity contribution in [2.75, 3.05) is 11.3 Å². The molecule has 0 amide bonds. The Kier molecular flexibility index (Phi) is 4.01. The van der Waals surface area contributed by atoms with E-state index in [9.17, 15) is 0 Å². The molecule has 0 aromatic carbocycles. The number of hydrogen-bond acceptors (Lipinski definition) is 5. The van der Waals surface area contributed by atoms with Crippen LogP contribution in [0.4, 0.5) is 5.95 Å². The molecule has 7 nitrogen and oxygen atoms in total. The molecular weight excluding hydrogens is 321 g/mol.